The van der Waals surface area contributed by atoms with Crippen LogP contribution in [0.5, 0.6) is 5.75 Å². The SMILES string of the molecule is COc1ccc(N(C)c2ncc(C=O)s2)cc1. The number of methoxy groups -OCH3 is 1. The molecule has 0 atom stereocenters. The number of carbonyl (C=O) groups is 1. The van der Waals surface area contributed by atoms with Crippen molar-refractivity contribution < 1.29 is 9.53 Å². The second-order valence-corrected chi connectivity index (χ2v) is 4.46. The zero-order chi connectivity index (χ0) is 12.3. The van der Waals surface area contributed by atoms with E-state index in [0.717, 1.165) is 22.9 Å². The number of ether oxygens (including phenoxy) is 1. The van der Waals surface area contributed by atoms with Crippen molar-refractivity contribution in [3.63, 3.8) is 0 Å². The van der Waals surface area contributed by atoms with Gasteiger partial charge in [0.15, 0.2) is 11.4 Å². The van der Waals surface area contributed by atoms with Crippen molar-refractivity contribution in [3.05, 3.63) is 35.3 Å². The minimum Gasteiger partial charge on any atom is -0.497 e. The summed E-state index contributed by atoms with van der Waals surface area (Å²) in [5.41, 5.74) is 0.998. The lowest BCUT2D eigenvalue weighted by Gasteiger charge is -2.15. The molecule has 2 rings (SSSR count). The summed E-state index contributed by atoms with van der Waals surface area (Å²) in [4.78, 5) is 17.3. The molecular weight excluding hydrogens is 236 g/mol. The maximum atomic E-state index is 10.6. The van der Waals surface area contributed by atoms with Crippen molar-refractivity contribution in [2.24, 2.45) is 0 Å². The quantitative estimate of drug-likeness (QED) is 0.780. The van der Waals surface area contributed by atoms with Crippen LogP contribution in [0.3, 0.4) is 0 Å². The highest BCUT2D eigenvalue weighted by molar-refractivity contribution is 7.17. The minimum absolute atomic E-state index is 0.625. The van der Waals surface area contributed by atoms with Gasteiger partial charge in [0, 0.05) is 12.7 Å². The highest BCUT2D eigenvalue weighted by Crippen LogP contribution is 2.28. The monoisotopic (exact) mass is 248 g/mol. The van der Waals surface area contributed by atoms with E-state index < -0.39 is 0 Å². The molecule has 0 N–H and O–H groups in total. The Morgan fingerprint density at radius 1 is 1.35 bits per heavy atom. The van der Waals surface area contributed by atoms with Gasteiger partial charge in [0.1, 0.15) is 5.75 Å². The topological polar surface area (TPSA) is 42.4 Å². The third-order valence-corrected chi connectivity index (χ3v) is 3.37. The van der Waals surface area contributed by atoms with Gasteiger partial charge in [-0.05, 0) is 24.3 Å². The molecule has 0 radical (unpaired) electrons. The fourth-order valence-electron chi connectivity index (χ4n) is 1.40. The molecular formula is C12H12N2O2S. The van der Waals surface area contributed by atoms with Gasteiger partial charge in [0.05, 0.1) is 18.2 Å². The van der Waals surface area contributed by atoms with Crippen molar-refractivity contribution in [3.8, 4) is 5.75 Å². The number of aromatic nitrogens is 1. The van der Waals surface area contributed by atoms with Crippen LogP contribution in [0.1, 0.15) is 9.67 Å². The smallest absolute Gasteiger partial charge is 0.190 e. The van der Waals surface area contributed by atoms with Crippen molar-refractivity contribution in [2.45, 2.75) is 0 Å². The number of rotatable bonds is 4. The second kappa shape index (κ2) is 4.97. The van der Waals surface area contributed by atoms with Crippen LogP contribution in [0.2, 0.25) is 0 Å². The molecule has 0 aliphatic rings. The summed E-state index contributed by atoms with van der Waals surface area (Å²) in [6.45, 7) is 0. The Labute approximate surface area is 103 Å². The molecule has 1 heterocycles. The van der Waals surface area contributed by atoms with Gasteiger partial charge in [0.2, 0.25) is 0 Å². The lowest BCUT2D eigenvalue weighted by atomic mass is 10.3. The van der Waals surface area contributed by atoms with Gasteiger partial charge >= 0.3 is 0 Å². The first-order valence-electron chi connectivity index (χ1n) is 5.03. The first-order chi connectivity index (χ1) is 8.24. The van der Waals surface area contributed by atoms with E-state index in [2.05, 4.69) is 4.98 Å². The maximum absolute atomic E-state index is 10.6. The molecule has 17 heavy (non-hydrogen) atoms. The van der Waals surface area contributed by atoms with Gasteiger partial charge in [-0.25, -0.2) is 4.98 Å². The van der Waals surface area contributed by atoms with Gasteiger partial charge in [-0.2, -0.15) is 0 Å². The Hall–Kier alpha value is -1.88. The minimum atomic E-state index is 0.625. The fraction of sp³-hybridized carbons (Fsp3) is 0.167. The van der Waals surface area contributed by atoms with Crippen molar-refractivity contribution in [2.75, 3.05) is 19.1 Å². The van der Waals surface area contributed by atoms with Crippen LogP contribution < -0.4 is 9.64 Å². The van der Waals surface area contributed by atoms with E-state index in [9.17, 15) is 4.79 Å². The first-order valence-corrected chi connectivity index (χ1v) is 5.85. The van der Waals surface area contributed by atoms with E-state index in [0.29, 0.717) is 4.88 Å². The molecule has 88 valence electrons. The number of aldehydes is 1. The molecule has 0 saturated carbocycles. The summed E-state index contributed by atoms with van der Waals surface area (Å²) in [6.07, 6.45) is 2.38. The van der Waals surface area contributed by atoms with Crippen LogP contribution in [-0.2, 0) is 0 Å². The van der Waals surface area contributed by atoms with Crippen molar-refractivity contribution in [1.82, 2.24) is 4.98 Å². The number of carbonyl (C=O) groups excluding carboxylic acids is 1. The van der Waals surface area contributed by atoms with E-state index >= 15 is 0 Å². The van der Waals surface area contributed by atoms with E-state index in [-0.39, 0.29) is 0 Å². The Morgan fingerprint density at radius 2 is 2.06 bits per heavy atom. The van der Waals surface area contributed by atoms with Crippen LogP contribution in [0.4, 0.5) is 10.8 Å². The molecule has 1 aromatic carbocycles. The van der Waals surface area contributed by atoms with E-state index in [1.54, 1.807) is 13.3 Å². The third-order valence-electron chi connectivity index (χ3n) is 2.37. The molecule has 0 aliphatic heterocycles. The molecule has 1 aromatic heterocycles. The number of hydrogen-bond acceptors (Lipinski definition) is 5. The molecule has 0 aliphatic carbocycles. The number of hydrogen-bond donors (Lipinski definition) is 0. The summed E-state index contributed by atoms with van der Waals surface area (Å²) in [6, 6.07) is 7.67. The Kier molecular flexibility index (Phi) is 3.39. The molecule has 0 amide bonds. The predicted molar refractivity (Wildman–Crippen MR) is 68.6 cm³/mol. The molecule has 0 unspecified atom stereocenters. The highest BCUT2D eigenvalue weighted by Gasteiger charge is 2.08. The van der Waals surface area contributed by atoms with Crippen LogP contribution in [0, 0.1) is 0 Å². The van der Waals surface area contributed by atoms with Gasteiger partial charge < -0.3 is 9.64 Å². The zero-order valence-corrected chi connectivity index (χ0v) is 10.4. The summed E-state index contributed by atoms with van der Waals surface area (Å²) in [7, 11) is 3.55. The summed E-state index contributed by atoms with van der Waals surface area (Å²) < 4.78 is 5.10. The van der Waals surface area contributed by atoms with Gasteiger partial charge in [-0.3, -0.25) is 4.79 Å². The average molecular weight is 248 g/mol. The summed E-state index contributed by atoms with van der Waals surface area (Å²) >= 11 is 1.36. The first kappa shape index (κ1) is 11.6. The Morgan fingerprint density at radius 3 is 2.59 bits per heavy atom. The van der Waals surface area contributed by atoms with Crippen LogP contribution in [0.15, 0.2) is 30.5 Å². The number of anilines is 2. The number of benzene rings is 1. The fourth-order valence-corrected chi connectivity index (χ4v) is 2.11. The van der Waals surface area contributed by atoms with E-state index in [1.165, 1.54) is 11.3 Å². The summed E-state index contributed by atoms with van der Waals surface area (Å²) in [5.74, 6) is 0.815. The second-order valence-electron chi connectivity index (χ2n) is 3.42. The zero-order valence-electron chi connectivity index (χ0n) is 9.58. The molecule has 0 bridgehead atoms. The van der Waals surface area contributed by atoms with Crippen LogP contribution >= 0.6 is 11.3 Å². The van der Waals surface area contributed by atoms with Crippen molar-refractivity contribution in [1.29, 1.82) is 0 Å². The predicted octanol–water partition coefficient (Wildman–Crippen LogP) is 2.73. The third kappa shape index (κ3) is 2.45. The molecule has 0 fully saturated rings. The van der Waals surface area contributed by atoms with Gasteiger partial charge in [-0.1, -0.05) is 11.3 Å². The van der Waals surface area contributed by atoms with Crippen molar-refractivity contribution >= 4 is 28.4 Å². The highest BCUT2D eigenvalue weighted by atomic mass is 32.1. The van der Waals surface area contributed by atoms with E-state index in [4.69, 9.17) is 4.74 Å². The Bertz CT molecular complexity index is 507. The molecule has 5 heteroatoms. The Balaban J connectivity index is 2.23. The van der Waals surface area contributed by atoms with Gasteiger partial charge in [0.25, 0.3) is 0 Å². The molecule has 0 saturated heterocycles. The standard InChI is InChI=1S/C12H12N2O2S/c1-14(12-13-7-11(8-15)17-12)9-3-5-10(16-2)6-4-9/h3-8H,1-2H3. The lowest BCUT2D eigenvalue weighted by molar-refractivity contribution is 0.112. The molecule has 4 nitrogen and oxygen atoms in total. The largest absolute Gasteiger partial charge is 0.497 e. The van der Waals surface area contributed by atoms with Crippen LogP contribution in [-0.4, -0.2) is 25.4 Å². The lowest BCUT2D eigenvalue weighted by Crippen LogP contribution is -2.08. The van der Waals surface area contributed by atoms with E-state index in [1.807, 2.05) is 36.2 Å². The number of thiazole rings is 1. The normalized spacial score (nSPS) is 10.0. The molecule has 2 aromatic rings. The molecule has 0 spiro atoms. The van der Waals surface area contributed by atoms with Gasteiger partial charge in [-0.15, -0.1) is 0 Å². The average Bonchev–Trinajstić information content (AvgIpc) is 2.87. The van der Waals surface area contributed by atoms with Crippen LogP contribution in [0.25, 0.3) is 0 Å². The number of nitrogens with zero attached hydrogens (tertiary/aromatic N) is 2. The maximum Gasteiger partial charge on any atom is 0.190 e. The summed E-state index contributed by atoms with van der Waals surface area (Å²) in [5, 5.41) is 0.789.